The van der Waals surface area contributed by atoms with E-state index >= 15 is 0 Å². The van der Waals surface area contributed by atoms with Crippen LogP contribution in [-0.2, 0) is 0 Å². The summed E-state index contributed by atoms with van der Waals surface area (Å²) in [5.41, 5.74) is 2.28. The molecule has 0 saturated heterocycles. The van der Waals surface area contributed by atoms with Gasteiger partial charge in [0.05, 0.1) is 0 Å². The Bertz CT molecular complexity index is 745. The number of thiazole rings is 1. The summed E-state index contributed by atoms with van der Waals surface area (Å²) in [6.45, 7) is 2.98. The molecule has 1 unspecified atom stereocenters. The Hall–Kier alpha value is -2.21. The van der Waals surface area contributed by atoms with Crippen molar-refractivity contribution in [3.8, 4) is 11.4 Å². The standard InChI is InChI=1S/C15H15N5S/c1-10-2-4-11(5-3-10)13-18-15-17-7-6-12(20(15)19-13)14-16-8-9-21-14/h2-5,8-9,12H,6-7H2,1H3,(H,17,18,19). The molecule has 0 amide bonds. The monoisotopic (exact) mass is 297 g/mol. The van der Waals surface area contributed by atoms with Crippen LogP contribution in [0.2, 0.25) is 0 Å². The number of nitrogens with zero attached hydrogens (tertiary/aromatic N) is 4. The number of fused-ring (bicyclic) bond motifs is 1. The SMILES string of the molecule is Cc1ccc(-c2nc3n(n2)C(c2nccs2)CCN3)cc1. The van der Waals surface area contributed by atoms with E-state index in [0.29, 0.717) is 0 Å². The van der Waals surface area contributed by atoms with Gasteiger partial charge in [0.25, 0.3) is 0 Å². The van der Waals surface area contributed by atoms with Gasteiger partial charge in [-0.2, -0.15) is 4.98 Å². The third-order valence-corrected chi connectivity index (χ3v) is 4.55. The molecule has 5 nitrogen and oxygen atoms in total. The highest BCUT2D eigenvalue weighted by atomic mass is 32.1. The molecule has 0 radical (unpaired) electrons. The third kappa shape index (κ3) is 2.21. The van der Waals surface area contributed by atoms with E-state index < -0.39 is 0 Å². The molecule has 1 aromatic carbocycles. The van der Waals surface area contributed by atoms with E-state index in [0.717, 1.165) is 35.3 Å². The van der Waals surface area contributed by atoms with Crippen molar-refractivity contribution < 1.29 is 0 Å². The molecular formula is C15H15N5S. The number of anilines is 1. The predicted octanol–water partition coefficient (Wildman–Crippen LogP) is 3.12. The van der Waals surface area contributed by atoms with Crippen molar-refractivity contribution in [3.05, 3.63) is 46.4 Å². The van der Waals surface area contributed by atoms with Crippen molar-refractivity contribution in [2.45, 2.75) is 19.4 Å². The van der Waals surface area contributed by atoms with Crippen molar-refractivity contribution in [2.75, 3.05) is 11.9 Å². The van der Waals surface area contributed by atoms with Gasteiger partial charge in [-0.25, -0.2) is 9.67 Å². The number of aryl methyl sites for hydroxylation is 1. The van der Waals surface area contributed by atoms with E-state index in [-0.39, 0.29) is 6.04 Å². The molecule has 1 atom stereocenters. The number of nitrogens with one attached hydrogen (secondary N) is 1. The van der Waals surface area contributed by atoms with Crippen LogP contribution in [0, 0.1) is 6.92 Å². The average Bonchev–Trinajstić information content (AvgIpc) is 3.17. The van der Waals surface area contributed by atoms with Crippen LogP contribution in [0.15, 0.2) is 35.8 Å². The largest absolute Gasteiger partial charge is 0.354 e. The van der Waals surface area contributed by atoms with Gasteiger partial charge in [-0.05, 0) is 13.3 Å². The highest BCUT2D eigenvalue weighted by Crippen LogP contribution is 2.31. The molecule has 6 heteroatoms. The number of aromatic nitrogens is 4. The van der Waals surface area contributed by atoms with Gasteiger partial charge in [0.1, 0.15) is 11.0 Å². The third-order valence-electron chi connectivity index (χ3n) is 3.67. The molecule has 0 fully saturated rings. The Morgan fingerprint density at radius 1 is 1.29 bits per heavy atom. The van der Waals surface area contributed by atoms with Crippen LogP contribution in [0.1, 0.15) is 23.0 Å². The zero-order chi connectivity index (χ0) is 14.2. The summed E-state index contributed by atoms with van der Waals surface area (Å²) in [6.07, 6.45) is 2.83. The highest BCUT2D eigenvalue weighted by Gasteiger charge is 2.26. The van der Waals surface area contributed by atoms with Crippen molar-refractivity contribution in [1.82, 2.24) is 19.7 Å². The van der Waals surface area contributed by atoms with E-state index in [2.05, 4.69) is 46.5 Å². The fourth-order valence-corrected chi connectivity index (χ4v) is 3.31. The van der Waals surface area contributed by atoms with Gasteiger partial charge < -0.3 is 5.32 Å². The summed E-state index contributed by atoms with van der Waals surface area (Å²) in [4.78, 5) is 9.06. The smallest absolute Gasteiger partial charge is 0.222 e. The van der Waals surface area contributed by atoms with Gasteiger partial charge in [0, 0.05) is 23.7 Å². The van der Waals surface area contributed by atoms with Crippen molar-refractivity contribution in [1.29, 1.82) is 0 Å². The fraction of sp³-hybridized carbons (Fsp3) is 0.267. The van der Waals surface area contributed by atoms with E-state index in [1.165, 1.54) is 5.56 Å². The number of rotatable bonds is 2. The summed E-state index contributed by atoms with van der Waals surface area (Å²) >= 11 is 1.67. The summed E-state index contributed by atoms with van der Waals surface area (Å²) in [7, 11) is 0. The van der Waals surface area contributed by atoms with Crippen LogP contribution in [0.5, 0.6) is 0 Å². The zero-order valence-corrected chi connectivity index (χ0v) is 12.5. The van der Waals surface area contributed by atoms with E-state index in [4.69, 9.17) is 5.10 Å². The molecule has 0 saturated carbocycles. The maximum Gasteiger partial charge on any atom is 0.222 e. The second-order valence-corrected chi connectivity index (χ2v) is 6.10. The average molecular weight is 297 g/mol. The van der Waals surface area contributed by atoms with Crippen LogP contribution < -0.4 is 5.32 Å². The lowest BCUT2D eigenvalue weighted by molar-refractivity contribution is 0.479. The second kappa shape index (κ2) is 4.96. The first-order valence-electron chi connectivity index (χ1n) is 6.98. The van der Waals surface area contributed by atoms with Crippen molar-refractivity contribution in [3.63, 3.8) is 0 Å². The lowest BCUT2D eigenvalue weighted by atomic mass is 10.1. The van der Waals surface area contributed by atoms with Crippen LogP contribution >= 0.6 is 11.3 Å². The highest BCUT2D eigenvalue weighted by molar-refractivity contribution is 7.09. The molecule has 1 aliphatic rings. The topological polar surface area (TPSA) is 55.6 Å². The van der Waals surface area contributed by atoms with Gasteiger partial charge in [0.2, 0.25) is 5.95 Å². The normalized spacial score (nSPS) is 17.3. The first-order valence-corrected chi connectivity index (χ1v) is 7.86. The Morgan fingerprint density at radius 2 is 2.14 bits per heavy atom. The van der Waals surface area contributed by atoms with E-state index in [9.17, 15) is 0 Å². The van der Waals surface area contributed by atoms with Gasteiger partial charge in [-0.15, -0.1) is 16.4 Å². The Balaban J connectivity index is 1.75. The summed E-state index contributed by atoms with van der Waals surface area (Å²) < 4.78 is 1.97. The Labute approximate surface area is 126 Å². The lowest BCUT2D eigenvalue weighted by Crippen LogP contribution is -2.24. The minimum absolute atomic E-state index is 0.188. The van der Waals surface area contributed by atoms with Crippen molar-refractivity contribution >= 4 is 17.3 Å². The summed E-state index contributed by atoms with van der Waals surface area (Å²) in [6, 6.07) is 8.49. The van der Waals surface area contributed by atoms with Gasteiger partial charge in [-0.1, -0.05) is 29.8 Å². The van der Waals surface area contributed by atoms with Gasteiger partial charge in [0.15, 0.2) is 5.82 Å². The Kier molecular flexibility index (Phi) is 2.96. The molecule has 1 aliphatic heterocycles. The fourth-order valence-electron chi connectivity index (χ4n) is 2.56. The molecule has 1 N–H and O–H groups in total. The molecule has 21 heavy (non-hydrogen) atoms. The number of hydrogen-bond acceptors (Lipinski definition) is 5. The zero-order valence-electron chi connectivity index (χ0n) is 11.7. The van der Waals surface area contributed by atoms with Crippen LogP contribution in [-0.4, -0.2) is 26.3 Å². The molecule has 106 valence electrons. The van der Waals surface area contributed by atoms with Crippen LogP contribution in [0.25, 0.3) is 11.4 Å². The molecule has 3 aromatic rings. The quantitative estimate of drug-likeness (QED) is 0.789. The lowest BCUT2D eigenvalue weighted by Gasteiger charge is -2.22. The molecule has 3 heterocycles. The van der Waals surface area contributed by atoms with Crippen LogP contribution in [0.4, 0.5) is 5.95 Å². The first kappa shape index (κ1) is 12.5. The molecule has 0 bridgehead atoms. The number of hydrogen-bond donors (Lipinski definition) is 1. The molecule has 2 aromatic heterocycles. The predicted molar refractivity (Wildman–Crippen MR) is 83.6 cm³/mol. The molecule has 0 spiro atoms. The first-order chi connectivity index (χ1) is 10.3. The number of benzene rings is 1. The van der Waals surface area contributed by atoms with E-state index in [1.54, 1.807) is 11.3 Å². The van der Waals surface area contributed by atoms with Gasteiger partial charge in [-0.3, -0.25) is 0 Å². The summed E-state index contributed by atoms with van der Waals surface area (Å²) in [5, 5.41) is 11.1. The van der Waals surface area contributed by atoms with Gasteiger partial charge >= 0.3 is 0 Å². The second-order valence-electron chi connectivity index (χ2n) is 5.17. The maximum atomic E-state index is 4.70. The molecule has 0 aliphatic carbocycles. The summed E-state index contributed by atoms with van der Waals surface area (Å²) in [5.74, 6) is 1.60. The Morgan fingerprint density at radius 3 is 2.90 bits per heavy atom. The maximum absolute atomic E-state index is 4.70. The molecule has 4 rings (SSSR count). The minimum Gasteiger partial charge on any atom is -0.354 e. The van der Waals surface area contributed by atoms with Crippen LogP contribution in [0.3, 0.4) is 0 Å². The molecular weight excluding hydrogens is 282 g/mol. The van der Waals surface area contributed by atoms with Crippen molar-refractivity contribution in [2.24, 2.45) is 0 Å². The van der Waals surface area contributed by atoms with E-state index in [1.807, 2.05) is 16.3 Å². The minimum atomic E-state index is 0.188.